The Balaban J connectivity index is 2.06. The van der Waals surface area contributed by atoms with Crippen molar-refractivity contribution in [2.24, 2.45) is 0 Å². The summed E-state index contributed by atoms with van der Waals surface area (Å²) in [5.74, 6) is 0. The summed E-state index contributed by atoms with van der Waals surface area (Å²) in [4.78, 5) is 0. The van der Waals surface area contributed by atoms with Gasteiger partial charge < -0.3 is 4.74 Å². The summed E-state index contributed by atoms with van der Waals surface area (Å²) in [5, 5.41) is 0.756. The molecule has 0 radical (unpaired) electrons. The molecule has 0 atom stereocenters. The molecule has 0 bridgehead atoms. The normalized spacial score (nSPS) is 19.0. The lowest BCUT2D eigenvalue weighted by atomic mass is 9.85. The first-order chi connectivity index (χ1) is 11.2. The second kappa shape index (κ2) is 6.33. The number of hydrogen-bond donors (Lipinski definition) is 0. The number of halogens is 2. The highest BCUT2D eigenvalue weighted by atomic mass is 79.9. The molecule has 0 spiro atoms. The van der Waals surface area contributed by atoms with Crippen LogP contribution in [0.15, 0.2) is 53.0 Å². The van der Waals surface area contributed by atoms with Crippen LogP contribution in [0.3, 0.4) is 0 Å². The van der Waals surface area contributed by atoms with Crippen LogP contribution in [-0.2, 0) is 4.74 Å². The van der Waals surface area contributed by atoms with Crippen LogP contribution in [0.4, 0.5) is 0 Å². The number of rotatable bonds is 2. The molecule has 1 aliphatic rings. The first-order valence-electron chi connectivity index (χ1n) is 8.13. The molecule has 0 unspecified atom stereocenters. The Bertz CT molecular complexity index is 788. The van der Waals surface area contributed by atoms with Gasteiger partial charge in [0.1, 0.15) is 0 Å². The zero-order valence-corrected chi connectivity index (χ0v) is 16.8. The van der Waals surface area contributed by atoms with Gasteiger partial charge >= 0.3 is 0 Å². The van der Waals surface area contributed by atoms with E-state index in [1.54, 1.807) is 0 Å². The summed E-state index contributed by atoms with van der Waals surface area (Å²) in [6.45, 7) is 8.53. The molecule has 3 heteroatoms. The zero-order valence-electron chi connectivity index (χ0n) is 14.5. The fourth-order valence-corrected chi connectivity index (χ4v) is 4.10. The van der Waals surface area contributed by atoms with Gasteiger partial charge in [0.25, 0.3) is 0 Å². The standard InChI is InChI=1S/C21H22BrClO/c1-20(2)12-16(13-21(3,4)24-20)18-11-15(7-10-19(18)22)14-5-8-17(23)9-6-14/h5-12H,13H2,1-4H3. The van der Waals surface area contributed by atoms with Crippen LogP contribution in [0.5, 0.6) is 0 Å². The molecule has 2 aromatic carbocycles. The minimum atomic E-state index is -0.271. The second-order valence-corrected chi connectivity index (χ2v) is 8.80. The molecular weight excluding hydrogens is 384 g/mol. The van der Waals surface area contributed by atoms with E-state index >= 15 is 0 Å². The maximum atomic E-state index is 6.17. The van der Waals surface area contributed by atoms with Gasteiger partial charge in [-0.3, -0.25) is 0 Å². The van der Waals surface area contributed by atoms with Crippen LogP contribution in [0.2, 0.25) is 5.02 Å². The van der Waals surface area contributed by atoms with Gasteiger partial charge in [0.05, 0.1) is 11.2 Å². The van der Waals surface area contributed by atoms with Crippen molar-refractivity contribution < 1.29 is 4.74 Å². The van der Waals surface area contributed by atoms with E-state index in [2.05, 4.69) is 80.0 Å². The molecule has 1 heterocycles. The summed E-state index contributed by atoms with van der Waals surface area (Å²) in [6, 6.07) is 14.5. The van der Waals surface area contributed by atoms with Gasteiger partial charge in [0, 0.05) is 15.9 Å². The van der Waals surface area contributed by atoms with Crippen molar-refractivity contribution in [2.45, 2.75) is 45.3 Å². The third-order valence-corrected chi connectivity index (χ3v) is 5.11. The molecule has 2 aromatic rings. The molecule has 0 aliphatic carbocycles. The monoisotopic (exact) mass is 404 g/mol. The van der Waals surface area contributed by atoms with Crippen LogP contribution in [-0.4, -0.2) is 11.2 Å². The highest BCUT2D eigenvalue weighted by molar-refractivity contribution is 9.10. The molecule has 1 aliphatic heterocycles. The number of benzene rings is 2. The smallest absolute Gasteiger partial charge is 0.0819 e. The van der Waals surface area contributed by atoms with Crippen LogP contribution in [0.1, 0.15) is 39.7 Å². The third kappa shape index (κ3) is 3.93. The summed E-state index contributed by atoms with van der Waals surface area (Å²) in [7, 11) is 0. The lowest BCUT2D eigenvalue weighted by molar-refractivity contribution is -0.100. The first kappa shape index (κ1) is 17.7. The van der Waals surface area contributed by atoms with Crippen molar-refractivity contribution >= 4 is 33.1 Å². The first-order valence-corrected chi connectivity index (χ1v) is 9.30. The molecule has 126 valence electrons. The molecule has 0 fully saturated rings. The summed E-state index contributed by atoms with van der Waals surface area (Å²) in [6.07, 6.45) is 3.13. The van der Waals surface area contributed by atoms with E-state index in [4.69, 9.17) is 16.3 Å². The second-order valence-electron chi connectivity index (χ2n) is 7.51. The Morgan fingerprint density at radius 3 is 2.21 bits per heavy atom. The Morgan fingerprint density at radius 1 is 0.958 bits per heavy atom. The van der Waals surface area contributed by atoms with E-state index < -0.39 is 0 Å². The molecule has 0 aromatic heterocycles. The molecule has 0 amide bonds. The fraction of sp³-hybridized carbons (Fsp3) is 0.333. The fourth-order valence-electron chi connectivity index (χ4n) is 3.47. The molecular formula is C21H22BrClO. The molecule has 0 saturated heterocycles. The van der Waals surface area contributed by atoms with Crippen molar-refractivity contribution in [3.8, 4) is 11.1 Å². The Kier molecular flexibility index (Phi) is 4.67. The van der Waals surface area contributed by atoms with Crippen molar-refractivity contribution in [1.29, 1.82) is 0 Å². The van der Waals surface area contributed by atoms with Crippen molar-refractivity contribution in [2.75, 3.05) is 0 Å². The molecule has 0 N–H and O–H groups in total. The van der Waals surface area contributed by atoms with E-state index in [1.807, 2.05) is 12.1 Å². The lowest BCUT2D eigenvalue weighted by Gasteiger charge is -2.40. The van der Waals surface area contributed by atoms with Gasteiger partial charge in [0.2, 0.25) is 0 Å². The van der Waals surface area contributed by atoms with Crippen LogP contribution in [0, 0.1) is 0 Å². The van der Waals surface area contributed by atoms with Crippen molar-refractivity contribution in [1.82, 2.24) is 0 Å². The zero-order chi connectivity index (χ0) is 17.5. The van der Waals surface area contributed by atoms with Crippen LogP contribution >= 0.6 is 27.5 Å². The van der Waals surface area contributed by atoms with E-state index in [-0.39, 0.29) is 11.2 Å². The predicted octanol–water partition coefficient (Wildman–Crippen LogP) is 7.13. The minimum Gasteiger partial charge on any atom is -0.365 e. The SMILES string of the molecule is CC1(C)C=C(c2cc(-c3ccc(Cl)cc3)ccc2Br)CC(C)(C)O1. The minimum absolute atomic E-state index is 0.177. The number of hydrogen-bond acceptors (Lipinski definition) is 1. The van der Waals surface area contributed by atoms with Gasteiger partial charge in [-0.25, -0.2) is 0 Å². The summed E-state index contributed by atoms with van der Waals surface area (Å²) >= 11 is 9.73. The topological polar surface area (TPSA) is 9.23 Å². The highest BCUT2D eigenvalue weighted by Gasteiger charge is 2.34. The Morgan fingerprint density at radius 2 is 1.58 bits per heavy atom. The number of ether oxygens (including phenoxy) is 1. The van der Waals surface area contributed by atoms with E-state index in [9.17, 15) is 0 Å². The Labute approximate surface area is 157 Å². The van der Waals surface area contributed by atoms with Gasteiger partial charge in [-0.2, -0.15) is 0 Å². The van der Waals surface area contributed by atoms with Crippen molar-refractivity contribution in [3.63, 3.8) is 0 Å². The van der Waals surface area contributed by atoms with Gasteiger partial charge in [-0.1, -0.05) is 45.7 Å². The van der Waals surface area contributed by atoms with Crippen molar-refractivity contribution in [3.05, 3.63) is 63.6 Å². The van der Waals surface area contributed by atoms with E-state index in [0.717, 1.165) is 15.9 Å². The quantitative estimate of drug-likeness (QED) is 0.516. The predicted molar refractivity (Wildman–Crippen MR) is 106 cm³/mol. The summed E-state index contributed by atoms with van der Waals surface area (Å²) in [5.41, 5.74) is 4.45. The molecule has 1 nitrogen and oxygen atoms in total. The average Bonchev–Trinajstić information content (AvgIpc) is 2.45. The molecule has 3 rings (SSSR count). The third-order valence-electron chi connectivity index (χ3n) is 4.17. The lowest BCUT2D eigenvalue weighted by Crippen LogP contribution is -2.39. The largest absolute Gasteiger partial charge is 0.365 e. The molecule has 0 saturated carbocycles. The van der Waals surface area contributed by atoms with Gasteiger partial charge in [0.15, 0.2) is 0 Å². The highest BCUT2D eigenvalue weighted by Crippen LogP contribution is 2.41. The van der Waals surface area contributed by atoms with Gasteiger partial charge in [-0.15, -0.1) is 0 Å². The van der Waals surface area contributed by atoms with Crippen LogP contribution in [0.25, 0.3) is 16.7 Å². The van der Waals surface area contributed by atoms with E-state index in [1.165, 1.54) is 22.3 Å². The Hall–Kier alpha value is -1.09. The van der Waals surface area contributed by atoms with Gasteiger partial charge in [-0.05, 0) is 80.3 Å². The van der Waals surface area contributed by atoms with E-state index in [0.29, 0.717) is 0 Å². The average molecular weight is 406 g/mol. The molecule has 24 heavy (non-hydrogen) atoms. The maximum Gasteiger partial charge on any atom is 0.0819 e. The maximum absolute atomic E-state index is 6.17. The van der Waals surface area contributed by atoms with Crippen LogP contribution < -0.4 is 0 Å². The summed E-state index contributed by atoms with van der Waals surface area (Å²) < 4.78 is 7.29.